The van der Waals surface area contributed by atoms with Crippen molar-refractivity contribution in [3.05, 3.63) is 24.5 Å². The maximum absolute atomic E-state index is 3.94. The van der Waals surface area contributed by atoms with E-state index in [-0.39, 0.29) is 0 Å². The zero-order valence-electron chi connectivity index (χ0n) is 9.42. The predicted molar refractivity (Wildman–Crippen MR) is 61.7 cm³/mol. The lowest BCUT2D eigenvalue weighted by molar-refractivity contribution is 0.405. The van der Waals surface area contributed by atoms with Crippen molar-refractivity contribution in [3.63, 3.8) is 0 Å². The quantitative estimate of drug-likeness (QED) is 0.594. The molecule has 0 amide bonds. The lowest BCUT2D eigenvalue weighted by atomic mass is 9.94. The van der Waals surface area contributed by atoms with Crippen LogP contribution in [-0.4, -0.2) is 28.1 Å². The number of rotatable bonds is 5. The molecule has 0 aromatic carbocycles. The smallest absolute Gasteiger partial charge is 0.0692 e. The van der Waals surface area contributed by atoms with Crippen molar-refractivity contribution in [1.29, 1.82) is 0 Å². The monoisotopic (exact) mass is 218 g/mol. The minimum atomic E-state index is 0.851. The second kappa shape index (κ2) is 4.37. The van der Waals surface area contributed by atoms with Gasteiger partial charge in [0.15, 0.2) is 0 Å². The summed E-state index contributed by atoms with van der Waals surface area (Å²) < 4.78 is 1.87. The summed E-state index contributed by atoms with van der Waals surface area (Å²) in [6.07, 6.45) is 11.2. The fourth-order valence-electron chi connectivity index (χ4n) is 2.96. The van der Waals surface area contributed by atoms with Gasteiger partial charge in [0.05, 0.1) is 12.7 Å². The van der Waals surface area contributed by atoms with Gasteiger partial charge in [-0.1, -0.05) is 17.4 Å². The number of hydrogen-bond acceptors (Lipinski definition) is 3. The summed E-state index contributed by atoms with van der Waals surface area (Å²) in [6, 6.07) is 0. The molecule has 3 rings (SSSR count). The third-order valence-corrected chi connectivity index (χ3v) is 3.81. The number of fused-ring (bicyclic) bond motifs is 2. The number of allylic oxidation sites excluding steroid dienone is 2. The van der Waals surface area contributed by atoms with E-state index in [2.05, 4.69) is 27.8 Å². The van der Waals surface area contributed by atoms with E-state index in [1.165, 1.54) is 12.8 Å². The molecule has 3 atom stereocenters. The normalized spacial score (nSPS) is 31.4. The van der Waals surface area contributed by atoms with Gasteiger partial charge in [0.1, 0.15) is 0 Å². The summed E-state index contributed by atoms with van der Waals surface area (Å²) in [6.45, 7) is 3.05. The van der Waals surface area contributed by atoms with Crippen LogP contribution in [0.3, 0.4) is 0 Å². The van der Waals surface area contributed by atoms with E-state index in [1.807, 2.05) is 10.9 Å². The van der Waals surface area contributed by atoms with E-state index in [0.717, 1.165) is 37.4 Å². The van der Waals surface area contributed by atoms with E-state index in [4.69, 9.17) is 0 Å². The molecule has 3 unspecified atom stereocenters. The molecule has 2 aliphatic rings. The van der Waals surface area contributed by atoms with Gasteiger partial charge >= 0.3 is 0 Å². The number of nitrogens with one attached hydrogen (secondary N) is 1. The Morgan fingerprint density at radius 2 is 2.31 bits per heavy atom. The molecule has 1 aromatic heterocycles. The van der Waals surface area contributed by atoms with Gasteiger partial charge in [0, 0.05) is 12.7 Å². The maximum Gasteiger partial charge on any atom is 0.0692 e. The van der Waals surface area contributed by atoms with Crippen LogP contribution in [0.2, 0.25) is 0 Å². The average Bonchev–Trinajstić information content (AvgIpc) is 3.01. The van der Waals surface area contributed by atoms with Crippen molar-refractivity contribution >= 4 is 0 Å². The van der Waals surface area contributed by atoms with E-state index in [9.17, 15) is 0 Å². The Morgan fingerprint density at radius 3 is 3.00 bits per heavy atom. The highest BCUT2D eigenvalue weighted by Crippen LogP contribution is 2.42. The highest BCUT2D eigenvalue weighted by Gasteiger charge is 2.34. The minimum Gasteiger partial charge on any atom is -0.315 e. The van der Waals surface area contributed by atoms with Crippen molar-refractivity contribution in [2.45, 2.75) is 19.4 Å². The Hall–Kier alpha value is -1.16. The SMILES string of the molecule is C1=CC2CC1CC2CNCCn1ccnn1. The molecule has 1 fully saturated rings. The highest BCUT2D eigenvalue weighted by molar-refractivity contribution is 5.10. The number of hydrogen-bond donors (Lipinski definition) is 1. The molecule has 4 nitrogen and oxygen atoms in total. The van der Waals surface area contributed by atoms with E-state index < -0.39 is 0 Å². The average molecular weight is 218 g/mol. The van der Waals surface area contributed by atoms with Crippen LogP contribution in [0.15, 0.2) is 24.5 Å². The van der Waals surface area contributed by atoms with Gasteiger partial charge in [-0.05, 0) is 37.1 Å². The summed E-state index contributed by atoms with van der Waals surface area (Å²) in [7, 11) is 0. The molecule has 2 bridgehead atoms. The van der Waals surface area contributed by atoms with Crippen LogP contribution < -0.4 is 5.32 Å². The Morgan fingerprint density at radius 1 is 1.31 bits per heavy atom. The molecule has 86 valence electrons. The first-order valence-electron chi connectivity index (χ1n) is 6.15. The molecule has 2 aliphatic carbocycles. The molecular weight excluding hydrogens is 200 g/mol. The molecule has 4 heteroatoms. The summed E-state index contributed by atoms with van der Waals surface area (Å²) in [5.41, 5.74) is 0. The van der Waals surface area contributed by atoms with Crippen LogP contribution in [0.25, 0.3) is 0 Å². The van der Waals surface area contributed by atoms with Crippen LogP contribution in [0.5, 0.6) is 0 Å². The van der Waals surface area contributed by atoms with Crippen molar-refractivity contribution in [2.75, 3.05) is 13.1 Å². The molecular formula is C12H18N4. The maximum atomic E-state index is 3.94. The highest BCUT2D eigenvalue weighted by atomic mass is 15.4. The Labute approximate surface area is 95.7 Å². The largest absolute Gasteiger partial charge is 0.315 e. The molecule has 1 saturated carbocycles. The third kappa shape index (κ3) is 2.02. The molecule has 16 heavy (non-hydrogen) atoms. The van der Waals surface area contributed by atoms with Gasteiger partial charge in [-0.2, -0.15) is 0 Å². The van der Waals surface area contributed by atoms with Gasteiger partial charge in [0.2, 0.25) is 0 Å². The van der Waals surface area contributed by atoms with E-state index in [1.54, 1.807) is 6.20 Å². The zero-order chi connectivity index (χ0) is 10.8. The lowest BCUT2D eigenvalue weighted by Gasteiger charge is -2.18. The fourth-order valence-corrected chi connectivity index (χ4v) is 2.96. The molecule has 1 N–H and O–H groups in total. The second-order valence-electron chi connectivity index (χ2n) is 4.91. The summed E-state index contributed by atoms with van der Waals surface area (Å²) >= 11 is 0. The first-order valence-corrected chi connectivity index (χ1v) is 6.15. The predicted octanol–water partition coefficient (Wildman–Crippen LogP) is 1.08. The van der Waals surface area contributed by atoms with Gasteiger partial charge in [-0.15, -0.1) is 5.10 Å². The van der Waals surface area contributed by atoms with Crippen LogP contribution in [-0.2, 0) is 6.54 Å². The van der Waals surface area contributed by atoms with Crippen molar-refractivity contribution in [2.24, 2.45) is 17.8 Å². The van der Waals surface area contributed by atoms with Gasteiger partial charge < -0.3 is 5.32 Å². The Kier molecular flexibility index (Phi) is 2.74. The van der Waals surface area contributed by atoms with Crippen LogP contribution in [0.4, 0.5) is 0 Å². The van der Waals surface area contributed by atoms with Gasteiger partial charge in [-0.3, -0.25) is 4.68 Å². The minimum absolute atomic E-state index is 0.851. The Balaban J connectivity index is 1.37. The second-order valence-corrected chi connectivity index (χ2v) is 4.91. The summed E-state index contributed by atoms with van der Waals surface area (Å²) in [4.78, 5) is 0. The standard InChI is InChI=1S/C12H18N4/c1-2-11-7-10(1)8-12(11)9-13-3-5-16-6-4-14-15-16/h1-2,4,6,10-13H,3,5,7-9H2. The zero-order valence-corrected chi connectivity index (χ0v) is 9.42. The topological polar surface area (TPSA) is 42.7 Å². The lowest BCUT2D eigenvalue weighted by Crippen LogP contribution is -2.28. The fraction of sp³-hybridized carbons (Fsp3) is 0.667. The van der Waals surface area contributed by atoms with Crippen molar-refractivity contribution in [1.82, 2.24) is 20.3 Å². The molecule has 0 aliphatic heterocycles. The van der Waals surface area contributed by atoms with Crippen LogP contribution >= 0.6 is 0 Å². The first kappa shape index (κ1) is 10.0. The van der Waals surface area contributed by atoms with Crippen LogP contribution in [0, 0.1) is 17.8 Å². The van der Waals surface area contributed by atoms with Crippen molar-refractivity contribution in [3.8, 4) is 0 Å². The summed E-state index contributed by atoms with van der Waals surface area (Å²) in [5, 5.41) is 11.3. The third-order valence-electron chi connectivity index (χ3n) is 3.81. The van der Waals surface area contributed by atoms with E-state index in [0.29, 0.717) is 0 Å². The van der Waals surface area contributed by atoms with E-state index >= 15 is 0 Å². The molecule has 0 saturated heterocycles. The summed E-state index contributed by atoms with van der Waals surface area (Å²) in [5.74, 6) is 2.60. The first-order chi connectivity index (χ1) is 7.92. The molecule has 0 spiro atoms. The number of nitrogens with zero attached hydrogens (tertiary/aromatic N) is 3. The molecule has 1 aromatic rings. The number of aromatic nitrogens is 3. The van der Waals surface area contributed by atoms with Gasteiger partial charge in [0.25, 0.3) is 0 Å². The van der Waals surface area contributed by atoms with Gasteiger partial charge in [-0.25, -0.2) is 0 Å². The Bertz CT molecular complexity index is 357. The van der Waals surface area contributed by atoms with Crippen LogP contribution in [0.1, 0.15) is 12.8 Å². The van der Waals surface area contributed by atoms with Crippen molar-refractivity contribution < 1.29 is 0 Å². The molecule has 0 radical (unpaired) electrons. The molecule has 1 heterocycles.